The Balaban J connectivity index is 1.56. The zero-order valence-corrected chi connectivity index (χ0v) is 17.1. The van der Waals surface area contributed by atoms with E-state index in [0.29, 0.717) is 12.3 Å². The topological polar surface area (TPSA) is 61.4 Å². The smallest absolute Gasteiger partial charge is 0.272 e. The minimum atomic E-state index is -0.00418. The molecule has 144 valence electrons. The Hall–Kier alpha value is -2.16. The first kappa shape index (κ1) is 17.9. The maximum atomic E-state index is 13.0. The van der Waals surface area contributed by atoms with E-state index in [1.807, 2.05) is 15.8 Å². The first-order chi connectivity index (χ1) is 13.7. The van der Waals surface area contributed by atoms with Gasteiger partial charge in [-0.2, -0.15) is 0 Å². The largest absolute Gasteiger partial charge is 0.376 e. The lowest BCUT2D eigenvalue weighted by Gasteiger charge is -2.13. The summed E-state index contributed by atoms with van der Waals surface area (Å²) in [5.41, 5.74) is 3.36. The molecule has 1 aliphatic rings. The third-order valence-corrected chi connectivity index (χ3v) is 6.97. The Bertz CT molecular complexity index is 1190. The van der Waals surface area contributed by atoms with Gasteiger partial charge in [0.05, 0.1) is 18.2 Å². The summed E-state index contributed by atoms with van der Waals surface area (Å²) in [7, 11) is 0. The van der Waals surface area contributed by atoms with Crippen molar-refractivity contribution in [3.8, 4) is 0 Å². The molecule has 0 amide bonds. The molecular formula is C20H20N4O2S2. The first-order valence-corrected chi connectivity index (χ1v) is 11.2. The van der Waals surface area contributed by atoms with Gasteiger partial charge >= 0.3 is 0 Å². The summed E-state index contributed by atoms with van der Waals surface area (Å²) in [6.45, 7) is 3.38. The second-order valence-corrected chi connectivity index (χ2v) is 8.94. The molecule has 0 radical (unpaired) electrons. The van der Waals surface area contributed by atoms with Crippen molar-refractivity contribution in [1.82, 2.24) is 19.2 Å². The van der Waals surface area contributed by atoms with Crippen LogP contribution in [0.1, 0.15) is 24.0 Å². The van der Waals surface area contributed by atoms with Gasteiger partial charge in [0.15, 0.2) is 5.16 Å². The predicted molar refractivity (Wildman–Crippen MR) is 112 cm³/mol. The zero-order chi connectivity index (χ0) is 19.1. The van der Waals surface area contributed by atoms with Gasteiger partial charge < -0.3 is 4.74 Å². The van der Waals surface area contributed by atoms with Gasteiger partial charge in [0, 0.05) is 12.4 Å². The summed E-state index contributed by atoms with van der Waals surface area (Å²) >= 11 is 3.11. The molecule has 0 aliphatic carbocycles. The summed E-state index contributed by atoms with van der Waals surface area (Å²) in [6.07, 6.45) is 2.09. The molecule has 1 aliphatic heterocycles. The lowest BCUT2D eigenvalue weighted by atomic mass is 10.2. The average molecular weight is 413 g/mol. The number of thiophene rings is 1. The van der Waals surface area contributed by atoms with Crippen molar-refractivity contribution in [3.05, 3.63) is 57.2 Å². The summed E-state index contributed by atoms with van der Waals surface area (Å²) in [5.74, 6) is 1.40. The van der Waals surface area contributed by atoms with Crippen molar-refractivity contribution in [2.24, 2.45) is 0 Å². The Morgan fingerprint density at radius 1 is 1.25 bits per heavy atom. The van der Waals surface area contributed by atoms with Gasteiger partial charge in [-0.25, -0.2) is 0 Å². The number of rotatable bonds is 5. The van der Waals surface area contributed by atoms with Crippen molar-refractivity contribution < 1.29 is 4.74 Å². The molecule has 28 heavy (non-hydrogen) atoms. The molecule has 1 aromatic carbocycles. The molecule has 4 aromatic rings. The van der Waals surface area contributed by atoms with Crippen LogP contribution in [-0.2, 0) is 17.0 Å². The Morgan fingerprint density at radius 3 is 2.89 bits per heavy atom. The summed E-state index contributed by atoms with van der Waals surface area (Å²) in [5, 5.41) is 11.6. The lowest BCUT2D eigenvalue weighted by molar-refractivity contribution is 0.0969. The van der Waals surface area contributed by atoms with E-state index in [1.165, 1.54) is 22.5 Å². The van der Waals surface area contributed by atoms with Gasteiger partial charge in [-0.05, 0) is 36.8 Å². The number of aryl methyl sites for hydroxylation is 1. The van der Waals surface area contributed by atoms with Gasteiger partial charge in [0.1, 0.15) is 4.70 Å². The number of fused-ring (bicyclic) bond motifs is 3. The van der Waals surface area contributed by atoms with E-state index in [-0.39, 0.29) is 11.7 Å². The Kier molecular flexibility index (Phi) is 4.70. The monoisotopic (exact) mass is 412 g/mol. The molecule has 0 spiro atoms. The number of ether oxygens (including phenoxy) is 1. The fraction of sp³-hybridized carbons (Fsp3) is 0.350. The highest BCUT2D eigenvalue weighted by Gasteiger charge is 2.22. The Morgan fingerprint density at radius 2 is 2.11 bits per heavy atom. The van der Waals surface area contributed by atoms with Crippen LogP contribution in [0.3, 0.4) is 0 Å². The molecule has 6 nitrogen and oxygen atoms in total. The number of aromatic nitrogens is 4. The highest BCUT2D eigenvalue weighted by atomic mass is 32.2. The Labute approximate surface area is 170 Å². The zero-order valence-electron chi connectivity index (χ0n) is 15.5. The van der Waals surface area contributed by atoms with Crippen molar-refractivity contribution in [3.63, 3.8) is 0 Å². The summed E-state index contributed by atoms with van der Waals surface area (Å²) in [4.78, 5) is 13.0. The van der Waals surface area contributed by atoms with Crippen LogP contribution in [0.15, 0.2) is 45.7 Å². The fourth-order valence-electron chi connectivity index (χ4n) is 3.58. The molecule has 1 fully saturated rings. The van der Waals surface area contributed by atoms with Gasteiger partial charge in [-0.15, -0.1) is 21.5 Å². The van der Waals surface area contributed by atoms with Crippen LogP contribution in [-0.4, -0.2) is 31.9 Å². The molecule has 1 saturated heterocycles. The molecular weight excluding hydrogens is 392 g/mol. The molecule has 0 saturated carbocycles. The van der Waals surface area contributed by atoms with Gasteiger partial charge in [0.25, 0.3) is 5.56 Å². The molecule has 0 bridgehead atoms. The van der Waals surface area contributed by atoms with Crippen LogP contribution in [0.5, 0.6) is 0 Å². The van der Waals surface area contributed by atoms with Crippen LogP contribution in [0.4, 0.5) is 0 Å². The molecule has 0 N–H and O–H groups in total. The second-order valence-electron chi connectivity index (χ2n) is 7.08. The van der Waals surface area contributed by atoms with E-state index in [0.717, 1.165) is 40.6 Å². The second kappa shape index (κ2) is 7.35. The van der Waals surface area contributed by atoms with Crippen molar-refractivity contribution in [2.45, 2.75) is 43.3 Å². The van der Waals surface area contributed by atoms with Crippen LogP contribution >= 0.6 is 23.1 Å². The maximum absolute atomic E-state index is 13.0. The van der Waals surface area contributed by atoms with E-state index >= 15 is 0 Å². The SMILES string of the molecule is Cc1ccc(CSc2nnc3n(C[C@H]4CCCO4)c(=O)c4sccc4n23)cc1. The standard InChI is InChI=1S/C20H20N4O2S2/c1-13-4-6-14(7-5-13)12-28-20-22-21-19-23(11-15-3-2-9-26-15)18(25)17-16(24(19)20)8-10-27-17/h4-8,10,15H,2-3,9,11-12H2,1H3/t15-/m1/s1. The molecule has 1 atom stereocenters. The lowest BCUT2D eigenvalue weighted by Crippen LogP contribution is -2.28. The van der Waals surface area contributed by atoms with Crippen molar-refractivity contribution in [2.75, 3.05) is 6.61 Å². The van der Waals surface area contributed by atoms with E-state index in [9.17, 15) is 4.79 Å². The first-order valence-electron chi connectivity index (χ1n) is 9.36. The third-order valence-electron chi connectivity index (χ3n) is 5.08. The van der Waals surface area contributed by atoms with Crippen molar-refractivity contribution in [1.29, 1.82) is 0 Å². The van der Waals surface area contributed by atoms with Crippen molar-refractivity contribution >= 4 is 39.1 Å². The predicted octanol–water partition coefficient (Wildman–Crippen LogP) is 3.89. The third kappa shape index (κ3) is 3.15. The van der Waals surface area contributed by atoms with E-state index in [2.05, 4.69) is 41.4 Å². The summed E-state index contributed by atoms with van der Waals surface area (Å²) < 4.78 is 10.2. The maximum Gasteiger partial charge on any atom is 0.272 e. The van der Waals surface area contributed by atoms with E-state index < -0.39 is 0 Å². The number of thioether (sulfide) groups is 1. The fourth-order valence-corrected chi connectivity index (χ4v) is 5.30. The number of hydrogen-bond acceptors (Lipinski definition) is 6. The molecule has 4 heterocycles. The number of hydrogen-bond donors (Lipinski definition) is 0. The molecule has 0 unspecified atom stereocenters. The number of benzene rings is 1. The minimum absolute atomic E-state index is 0.00418. The van der Waals surface area contributed by atoms with Gasteiger partial charge in [0.2, 0.25) is 5.78 Å². The van der Waals surface area contributed by atoms with E-state index in [4.69, 9.17) is 4.74 Å². The van der Waals surface area contributed by atoms with E-state index in [1.54, 1.807) is 16.3 Å². The highest BCUT2D eigenvalue weighted by Crippen LogP contribution is 2.27. The molecule has 3 aromatic heterocycles. The minimum Gasteiger partial charge on any atom is -0.376 e. The van der Waals surface area contributed by atoms with Crippen LogP contribution in [0.25, 0.3) is 16.0 Å². The number of nitrogens with zero attached hydrogens (tertiary/aromatic N) is 4. The van der Waals surface area contributed by atoms with Gasteiger partial charge in [-0.1, -0.05) is 41.6 Å². The quantitative estimate of drug-likeness (QED) is 0.466. The normalized spacial score (nSPS) is 17.1. The summed E-state index contributed by atoms with van der Waals surface area (Å²) in [6, 6.07) is 10.5. The molecule has 5 rings (SSSR count). The van der Waals surface area contributed by atoms with Gasteiger partial charge in [-0.3, -0.25) is 13.8 Å². The highest BCUT2D eigenvalue weighted by molar-refractivity contribution is 7.98. The van der Waals surface area contributed by atoms with Crippen LogP contribution in [0.2, 0.25) is 0 Å². The molecule has 8 heteroatoms. The average Bonchev–Trinajstić information content (AvgIpc) is 3.44. The van der Waals surface area contributed by atoms with Crippen LogP contribution in [0, 0.1) is 6.92 Å². The van der Waals surface area contributed by atoms with Crippen LogP contribution < -0.4 is 5.56 Å².